The smallest absolute Gasteiger partial charge is 0.0729 e. The van der Waals surface area contributed by atoms with Crippen LogP contribution in [-0.2, 0) is 11.3 Å². The lowest BCUT2D eigenvalue weighted by Crippen LogP contribution is -2.31. The highest BCUT2D eigenvalue weighted by molar-refractivity contribution is 5.39. The van der Waals surface area contributed by atoms with Crippen LogP contribution in [0.5, 0.6) is 0 Å². The Morgan fingerprint density at radius 2 is 2.39 bits per heavy atom. The highest BCUT2D eigenvalue weighted by Gasteiger charge is 2.24. The van der Waals surface area contributed by atoms with E-state index in [0.29, 0.717) is 18.7 Å². The summed E-state index contributed by atoms with van der Waals surface area (Å²) in [6, 6.07) is 1.19. The maximum atomic E-state index is 5.04. The zero-order chi connectivity index (χ0) is 13.0. The Morgan fingerprint density at radius 3 is 3.06 bits per heavy atom. The lowest BCUT2D eigenvalue weighted by molar-refractivity contribution is 0.183. The molecule has 0 spiro atoms. The molecule has 1 aromatic rings. The van der Waals surface area contributed by atoms with Crippen molar-refractivity contribution in [2.45, 2.75) is 38.9 Å². The molecule has 5 heteroatoms. The van der Waals surface area contributed by atoms with E-state index >= 15 is 0 Å². The van der Waals surface area contributed by atoms with Crippen molar-refractivity contribution in [2.24, 2.45) is 0 Å². The minimum absolute atomic E-state index is 0.549. The molecule has 5 nitrogen and oxygen atoms in total. The molecule has 102 valence electrons. The standard InChI is InChI=1S/C13H24N4O/c1-11(2)16-5-4-12(9-16)15-13-8-14-17(10-13)6-7-18-3/h8,10-12,15H,4-7,9H2,1-3H3. The first-order valence-electron chi connectivity index (χ1n) is 6.71. The van der Waals surface area contributed by atoms with Crippen molar-refractivity contribution >= 4 is 5.69 Å². The largest absolute Gasteiger partial charge is 0.383 e. The van der Waals surface area contributed by atoms with Crippen molar-refractivity contribution in [3.8, 4) is 0 Å². The summed E-state index contributed by atoms with van der Waals surface area (Å²) in [4.78, 5) is 2.51. The van der Waals surface area contributed by atoms with Gasteiger partial charge in [-0.3, -0.25) is 9.58 Å². The van der Waals surface area contributed by atoms with Gasteiger partial charge in [-0.2, -0.15) is 5.10 Å². The molecular formula is C13H24N4O. The normalized spacial score (nSPS) is 20.8. The predicted molar refractivity (Wildman–Crippen MR) is 72.8 cm³/mol. The number of ether oxygens (including phenoxy) is 1. The van der Waals surface area contributed by atoms with E-state index in [0.717, 1.165) is 18.8 Å². The average molecular weight is 252 g/mol. The van der Waals surface area contributed by atoms with Gasteiger partial charge in [0.25, 0.3) is 0 Å². The number of aromatic nitrogens is 2. The van der Waals surface area contributed by atoms with E-state index in [4.69, 9.17) is 4.74 Å². The van der Waals surface area contributed by atoms with Gasteiger partial charge in [0.1, 0.15) is 0 Å². The van der Waals surface area contributed by atoms with Crippen molar-refractivity contribution in [2.75, 3.05) is 32.1 Å². The first-order chi connectivity index (χ1) is 8.69. The van der Waals surface area contributed by atoms with Crippen molar-refractivity contribution in [3.63, 3.8) is 0 Å². The Morgan fingerprint density at radius 1 is 1.56 bits per heavy atom. The third-order valence-corrected chi connectivity index (χ3v) is 3.48. The van der Waals surface area contributed by atoms with Gasteiger partial charge in [0, 0.05) is 38.5 Å². The fourth-order valence-corrected chi connectivity index (χ4v) is 2.36. The van der Waals surface area contributed by atoms with Gasteiger partial charge < -0.3 is 10.1 Å². The van der Waals surface area contributed by atoms with Crippen LogP contribution in [0.15, 0.2) is 12.4 Å². The second kappa shape index (κ2) is 6.20. The zero-order valence-corrected chi connectivity index (χ0v) is 11.6. The van der Waals surface area contributed by atoms with Gasteiger partial charge in [-0.15, -0.1) is 0 Å². The second-order valence-electron chi connectivity index (χ2n) is 5.20. The number of anilines is 1. The SMILES string of the molecule is COCCn1cc(NC2CCN(C(C)C)C2)cn1. The molecule has 1 aliphatic rings. The first kappa shape index (κ1) is 13.4. The molecule has 2 rings (SSSR count). The highest BCUT2D eigenvalue weighted by atomic mass is 16.5. The average Bonchev–Trinajstić information content (AvgIpc) is 2.96. The van der Waals surface area contributed by atoms with Crippen LogP contribution < -0.4 is 5.32 Å². The Balaban J connectivity index is 1.81. The van der Waals surface area contributed by atoms with Crippen molar-refractivity contribution in [1.82, 2.24) is 14.7 Å². The molecule has 18 heavy (non-hydrogen) atoms. The molecule has 0 amide bonds. The van der Waals surface area contributed by atoms with E-state index in [-0.39, 0.29) is 0 Å². The third-order valence-electron chi connectivity index (χ3n) is 3.48. The topological polar surface area (TPSA) is 42.3 Å². The van der Waals surface area contributed by atoms with Crippen LogP contribution in [0.1, 0.15) is 20.3 Å². The summed E-state index contributed by atoms with van der Waals surface area (Å²) < 4.78 is 6.96. The van der Waals surface area contributed by atoms with E-state index in [1.54, 1.807) is 7.11 Å². The minimum atomic E-state index is 0.549. The van der Waals surface area contributed by atoms with Crippen molar-refractivity contribution in [1.29, 1.82) is 0 Å². The predicted octanol–water partition coefficient (Wildman–Crippen LogP) is 1.42. The Labute approximate surface area is 109 Å². The number of nitrogens with zero attached hydrogens (tertiary/aromatic N) is 3. The summed E-state index contributed by atoms with van der Waals surface area (Å²) in [6.07, 6.45) is 5.16. The van der Waals surface area contributed by atoms with Crippen molar-refractivity contribution in [3.05, 3.63) is 12.4 Å². The maximum absolute atomic E-state index is 5.04. The molecule has 1 unspecified atom stereocenters. The van der Waals surface area contributed by atoms with Gasteiger partial charge >= 0.3 is 0 Å². The molecule has 0 bridgehead atoms. The Hall–Kier alpha value is -1.07. The number of rotatable bonds is 6. The quantitative estimate of drug-likeness (QED) is 0.831. The van der Waals surface area contributed by atoms with Crippen LogP contribution in [0.25, 0.3) is 0 Å². The maximum Gasteiger partial charge on any atom is 0.0729 e. The monoisotopic (exact) mass is 252 g/mol. The Bertz CT molecular complexity index is 364. The summed E-state index contributed by atoms with van der Waals surface area (Å²) in [5.74, 6) is 0. The number of hydrogen-bond donors (Lipinski definition) is 1. The minimum Gasteiger partial charge on any atom is -0.383 e. The van der Waals surface area contributed by atoms with Gasteiger partial charge in [-0.05, 0) is 20.3 Å². The van der Waals surface area contributed by atoms with E-state index in [2.05, 4.69) is 35.4 Å². The van der Waals surface area contributed by atoms with Crippen molar-refractivity contribution < 1.29 is 4.74 Å². The van der Waals surface area contributed by atoms with Gasteiger partial charge in [0.2, 0.25) is 0 Å². The second-order valence-corrected chi connectivity index (χ2v) is 5.20. The Kier molecular flexibility index (Phi) is 4.60. The fraction of sp³-hybridized carbons (Fsp3) is 0.769. The number of nitrogens with one attached hydrogen (secondary N) is 1. The van der Waals surface area contributed by atoms with Gasteiger partial charge in [-0.25, -0.2) is 0 Å². The molecule has 0 aromatic carbocycles. The van der Waals surface area contributed by atoms with Gasteiger partial charge in [0.05, 0.1) is 25.0 Å². The molecule has 1 N–H and O–H groups in total. The lowest BCUT2D eigenvalue weighted by atomic mass is 10.2. The summed E-state index contributed by atoms with van der Waals surface area (Å²) in [5, 5.41) is 7.87. The molecule has 0 aliphatic carbocycles. The fourth-order valence-electron chi connectivity index (χ4n) is 2.36. The molecule has 1 atom stereocenters. The number of methoxy groups -OCH3 is 1. The summed E-state index contributed by atoms with van der Waals surface area (Å²) in [5.41, 5.74) is 1.11. The number of likely N-dealkylation sites (tertiary alicyclic amines) is 1. The molecule has 1 aliphatic heterocycles. The zero-order valence-electron chi connectivity index (χ0n) is 11.6. The van der Waals surface area contributed by atoms with E-state index in [9.17, 15) is 0 Å². The summed E-state index contributed by atoms with van der Waals surface area (Å²) >= 11 is 0. The van der Waals surface area contributed by atoms with Crippen LogP contribution in [0.2, 0.25) is 0 Å². The molecule has 1 aromatic heterocycles. The van der Waals surface area contributed by atoms with Crippen LogP contribution >= 0.6 is 0 Å². The van der Waals surface area contributed by atoms with Gasteiger partial charge in [0.15, 0.2) is 0 Å². The third kappa shape index (κ3) is 3.46. The molecule has 1 fully saturated rings. The summed E-state index contributed by atoms with van der Waals surface area (Å²) in [6.45, 7) is 8.33. The summed E-state index contributed by atoms with van der Waals surface area (Å²) in [7, 11) is 1.71. The molecular weight excluding hydrogens is 228 g/mol. The van der Waals surface area contributed by atoms with E-state index in [1.165, 1.54) is 13.0 Å². The lowest BCUT2D eigenvalue weighted by Gasteiger charge is -2.20. The molecule has 0 saturated carbocycles. The van der Waals surface area contributed by atoms with Crippen LogP contribution in [0.4, 0.5) is 5.69 Å². The first-order valence-corrected chi connectivity index (χ1v) is 6.71. The van der Waals surface area contributed by atoms with Gasteiger partial charge in [-0.1, -0.05) is 0 Å². The van der Waals surface area contributed by atoms with Crippen LogP contribution in [0, 0.1) is 0 Å². The van der Waals surface area contributed by atoms with Crippen LogP contribution in [0.3, 0.4) is 0 Å². The van der Waals surface area contributed by atoms with Crippen LogP contribution in [-0.4, -0.2) is 53.6 Å². The van der Waals surface area contributed by atoms with E-state index < -0.39 is 0 Å². The molecule has 1 saturated heterocycles. The number of hydrogen-bond acceptors (Lipinski definition) is 4. The highest BCUT2D eigenvalue weighted by Crippen LogP contribution is 2.17. The van der Waals surface area contributed by atoms with E-state index in [1.807, 2.05) is 10.9 Å². The molecule has 2 heterocycles. The molecule has 0 radical (unpaired) electrons.